The number of ketones is 2. The average molecular weight is 203 g/mol. The van der Waals surface area contributed by atoms with Gasteiger partial charge in [-0.05, 0) is 11.6 Å². The summed E-state index contributed by atoms with van der Waals surface area (Å²) in [6.07, 6.45) is 2.09. The molecule has 1 aliphatic carbocycles. The molecule has 3 heteroatoms. The Morgan fingerprint density at radius 1 is 1.40 bits per heavy atom. The van der Waals surface area contributed by atoms with E-state index in [0.717, 1.165) is 5.57 Å². The van der Waals surface area contributed by atoms with Gasteiger partial charge in [-0.25, -0.2) is 0 Å². The Morgan fingerprint density at radius 2 is 2.10 bits per heavy atom. The molecule has 0 aromatic heterocycles. The largest absolute Gasteiger partial charge is 0.299 e. The van der Waals surface area contributed by atoms with Crippen molar-refractivity contribution in [3.8, 4) is 0 Å². The van der Waals surface area contributed by atoms with Crippen LogP contribution in [0.2, 0.25) is 0 Å². The first-order valence-corrected chi connectivity index (χ1v) is 4.14. The fourth-order valence-electron chi connectivity index (χ4n) is 0.926. The fraction of sp³-hybridized carbons (Fsp3) is 0.429. The van der Waals surface area contributed by atoms with Gasteiger partial charge in [0, 0.05) is 11.8 Å². The second kappa shape index (κ2) is 3.10. The van der Waals surface area contributed by atoms with Gasteiger partial charge in [0.25, 0.3) is 0 Å². The summed E-state index contributed by atoms with van der Waals surface area (Å²) >= 11 is 3.19. The highest BCUT2D eigenvalue weighted by molar-refractivity contribution is 9.09. The minimum absolute atomic E-state index is 0.0296. The number of Topliss-reactive ketones (excluding diaryl/α,β-unsaturated/α-hetero) is 1. The van der Waals surface area contributed by atoms with Gasteiger partial charge in [0.15, 0.2) is 5.78 Å². The maximum atomic E-state index is 10.8. The standard InChI is InChI=1S/C7H7BrO2/c8-4-5-1-6(9)3-7(10)2-5/h1H,2-4H2. The predicted molar refractivity (Wildman–Crippen MR) is 41.1 cm³/mol. The second-order valence-corrected chi connectivity index (χ2v) is 2.86. The van der Waals surface area contributed by atoms with Gasteiger partial charge in [-0.1, -0.05) is 15.9 Å². The van der Waals surface area contributed by atoms with Crippen LogP contribution in [0, 0.1) is 0 Å². The lowest BCUT2D eigenvalue weighted by atomic mass is 9.99. The van der Waals surface area contributed by atoms with E-state index in [0.29, 0.717) is 11.8 Å². The lowest BCUT2D eigenvalue weighted by Crippen LogP contribution is -2.13. The first kappa shape index (κ1) is 7.66. The number of rotatable bonds is 1. The molecule has 0 amide bonds. The topological polar surface area (TPSA) is 34.1 Å². The molecule has 0 aromatic carbocycles. The summed E-state index contributed by atoms with van der Waals surface area (Å²) in [6.45, 7) is 0. The van der Waals surface area contributed by atoms with Crippen molar-refractivity contribution in [3.63, 3.8) is 0 Å². The molecule has 0 unspecified atom stereocenters. The zero-order valence-corrected chi connectivity index (χ0v) is 6.98. The molecule has 0 spiro atoms. The molecule has 0 heterocycles. The average Bonchev–Trinajstić information content (AvgIpc) is 1.85. The number of carbonyl (C=O) groups is 2. The molecule has 0 bridgehead atoms. The SMILES string of the molecule is O=C1C=C(CBr)CC(=O)C1. The quantitative estimate of drug-likeness (QED) is 0.474. The van der Waals surface area contributed by atoms with Gasteiger partial charge in [0.1, 0.15) is 5.78 Å². The molecule has 0 saturated heterocycles. The third-order valence-corrected chi connectivity index (χ3v) is 2.05. The van der Waals surface area contributed by atoms with E-state index in [4.69, 9.17) is 0 Å². The van der Waals surface area contributed by atoms with Crippen molar-refractivity contribution < 1.29 is 9.59 Å². The van der Waals surface area contributed by atoms with Crippen LogP contribution in [0.3, 0.4) is 0 Å². The normalized spacial score (nSPS) is 19.1. The monoisotopic (exact) mass is 202 g/mol. The zero-order chi connectivity index (χ0) is 7.56. The highest BCUT2D eigenvalue weighted by atomic mass is 79.9. The first-order valence-electron chi connectivity index (χ1n) is 3.02. The third kappa shape index (κ3) is 1.77. The Balaban J connectivity index is 2.74. The Hall–Kier alpha value is -0.440. The number of carbonyl (C=O) groups excluding carboxylic acids is 2. The summed E-state index contributed by atoms with van der Waals surface area (Å²) in [7, 11) is 0. The van der Waals surface area contributed by atoms with Gasteiger partial charge in [-0.2, -0.15) is 0 Å². The van der Waals surface area contributed by atoms with E-state index in [2.05, 4.69) is 15.9 Å². The number of alkyl halides is 1. The second-order valence-electron chi connectivity index (χ2n) is 2.29. The highest BCUT2D eigenvalue weighted by Crippen LogP contribution is 2.13. The fourth-order valence-corrected chi connectivity index (χ4v) is 1.29. The number of hydrogen-bond acceptors (Lipinski definition) is 2. The Morgan fingerprint density at radius 3 is 2.60 bits per heavy atom. The Bertz CT molecular complexity index is 206. The zero-order valence-electron chi connectivity index (χ0n) is 5.39. The van der Waals surface area contributed by atoms with Crippen molar-refractivity contribution >= 4 is 27.5 Å². The summed E-state index contributed by atoms with van der Waals surface area (Å²) in [6, 6.07) is 0. The third-order valence-electron chi connectivity index (χ3n) is 1.33. The van der Waals surface area contributed by atoms with Crippen molar-refractivity contribution in [1.29, 1.82) is 0 Å². The maximum absolute atomic E-state index is 10.8. The highest BCUT2D eigenvalue weighted by Gasteiger charge is 2.15. The van der Waals surface area contributed by atoms with Crippen LogP contribution in [0.4, 0.5) is 0 Å². The van der Waals surface area contributed by atoms with Crippen molar-refractivity contribution in [3.05, 3.63) is 11.6 Å². The molecule has 10 heavy (non-hydrogen) atoms. The van der Waals surface area contributed by atoms with Crippen LogP contribution in [-0.4, -0.2) is 16.9 Å². The lowest BCUT2D eigenvalue weighted by molar-refractivity contribution is -0.125. The van der Waals surface area contributed by atoms with Crippen LogP contribution < -0.4 is 0 Å². The van der Waals surface area contributed by atoms with Crippen LogP contribution >= 0.6 is 15.9 Å². The smallest absolute Gasteiger partial charge is 0.163 e. The van der Waals surface area contributed by atoms with Gasteiger partial charge in [-0.3, -0.25) is 9.59 Å². The van der Waals surface area contributed by atoms with Gasteiger partial charge >= 0.3 is 0 Å². The molecule has 0 atom stereocenters. The van der Waals surface area contributed by atoms with E-state index in [1.807, 2.05) is 0 Å². The number of allylic oxidation sites excluding steroid dienone is 2. The molecule has 0 radical (unpaired) electrons. The Kier molecular flexibility index (Phi) is 2.38. The molecule has 54 valence electrons. The molecule has 0 aromatic rings. The van der Waals surface area contributed by atoms with Gasteiger partial charge < -0.3 is 0 Å². The van der Waals surface area contributed by atoms with Crippen LogP contribution in [-0.2, 0) is 9.59 Å². The molecular formula is C7H7BrO2. The summed E-state index contributed by atoms with van der Waals surface area (Å²) in [5.41, 5.74) is 0.890. The summed E-state index contributed by atoms with van der Waals surface area (Å²) < 4.78 is 0. The van der Waals surface area contributed by atoms with Crippen LogP contribution in [0.1, 0.15) is 12.8 Å². The predicted octanol–water partition coefficient (Wildman–Crippen LogP) is 1.24. The molecule has 0 fully saturated rings. The van der Waals surface area contributed by atoms with Gasteiger partial charge in [0.05, 0.1) is 6.42 Å². The molecule has 2 nitrogen and oxygen atoms in total. The van der Waals surface area contributed by atoms with Gasteiger partial charge in [0.2, 0.25) is 0 Å². The molecule has 1 aliphatic rings. The van der Waals surface area contributed by atoms with E-state index < -0.39 is 0 Å². The van der Waals surface area contributed by atoms with Crippen molar-refractivity contribution in [2.45, 2.75) is 12.8 Å². The summed E-state index contributed by atoms with van der Waals surface area (Å²) in [5, 5.41) is 0.629. The van der Waals surface area contributed by atoms with Crippen LogP contribution in [0.25, 0.3) is 0 Å². The van der Waals surface area contributed by atoms with Crippen molar-refractivity contribution in [2.24, 2.45) is 0 Å². The van der Waals surface area contributed by atoms with E-state index >= 15 is 0 Å². The van der Waals surface area contributed by atoms with E-state index in [1.54, 1.807) is 6.08 Å². The Labute approximate surface area is 67.4 Å². The van der Waals surface area contributed by atoms with Crippen molar-refractivity contribution in [2.75, 3.05) is 5.33 Å². The van der Waals surface area contributed by atoms with Crippen molar-refractivity contribution in [1.82, 2.24) is 0 Å². The molecular weight excluding hydrogens is 196 g/mol. The van der Waals surface area contributed by atoms with Crippen LogP contribution in [0.15, 0.2) is 11.6 Å². The summed E-state index contributed by atoms with van der Waals surface area (Å²) in [4.78, 5) is 21.5. The lowest BCUT2D eigenvalue weighted by Gasteiger charge is -2.06. The van der Waals surface area contributed by atoms with Gasteiger partial charge in [-0.15, -0.1) is 0 Å². The van der Waals surface area contributed by atoms with E-state index in [1.165, 1.54) is 0 Å². The van der Waals surface area contributed by atoms with E-state index in [9.17, 15) is 9.59 Å². The molecule has 0 N–H and O–H groups in total. The number of hydrogen-bond donors (Lipinski definition) is 0. The van der Waals surface area contributed by atoms with E-state index in [-0.39, 0.29) is 18.0 Å². The minimum Gasteiger partial charge on any atom is -0.299 e. The van der Waals surface area contributed by atoms with Crippen LogP contribution in [0.5, 0.6) is 0 Å². The molecule has 0 aliphatic heterocycles. The maximum Gasteiger partial charge on any atom is 0.163 e. The minimum atomic E-state index is -0.0642. The summed E-state index contributed by atoms with van der Waals surface area (Å²) in [5.74, 6) is -0.0346. The molecule has 1 rings (SSSR count). The first-order chi connectivity index (χ1) is 4.72. The molecule has 0 saturated carbocycles. The number of halogens is 1.